The smallest absolute Gasteiger partial charge is 0.459 e. The lowest BCUT2D eigenvalue weighted by molar-refractivity contribution is -0.151. The van der Waals surface area contributed by atoms with Crippen molar-refractivity contribution >= 4 is 50.1 Å². The first kappa shape index (κ1) is 41.2. The normalized spacial score (nSPS) is 24.3. The summed E-state index contributed by atoms with van der Waals surface area (Å²) in [5, 5.41) is 13.8. The number of anilines is 1. The van der Waals surface area contributed by atoms with Gasteiger partial charge in [0.2, 0.25) is 5.28 Å². The minimum Gasteiger partial charge on any atom is -0.459 e. The summed E-state index contributed by atoms with van der Waals surface area (Å²) in [6, 6.07) is 15.3. The highest BCUT2D eigenvalue weighted by Gasteiger charge is 2.74. The molecule has 2 aliphatic rings. The van der Waals surface area contributed by atoms with E-state index < -0.39 is 63.5 Å². The summed E-state index contributed by atoms with van der Waals surface area (Å²) in [5.41, 5.74) is 5.39. The summed E-state index contributed by atoms with van der Waals surface area (Å²) in [5.74, 6) is -0.630. The van der Waals surface area contributed by atoms with E-state index in [-0.39, 0.29) is 23.5 Å². The lowest BCUT2D eigenvalue weighted by Crippen LogP contribution is -2.46. The number of phosphoric acid groups is 1. The monoisotopic (exact) mass is 821 g/mol. The summed E-state index contributed by atoms with van der Waals surface area (Å²) in [7, 11) is -10.2. The number of benzene rings is 2. The Labute approximate surface area is 323 Å². The number of halogens is 1. The number of ether oxygens (including phenoxy) is 2. The number of likely N-dealkylation sites (N-methyl/N-ethyl adjacent to an activating group) is 1. The third kappa shape index (κ3) is 8.92. The maximum Gasteiger partial charge on any atom is 0.481 e. The molecule has 2 aromatic carbocycles. The largest absolute Gasteiger partial charge is 0.481 e. The highest BCUT2D eigenvalue weighted by Crippen LogP contribution is 2.67. The third-order valence-corrected chi connectivity index (χ3v) is 13.6. The van der Waals surface area contributed by atoms with E-state index in [9.17, 15) is 23.9 Å². The number of imidazole rings is 1. The molecule has 2 fully saturated rings. The lowest BCUT2D eigenvalue weighted by atomic mass is 9.98. The summed E-state index contributed by atoms with van der Waals surface area (Å²) < 4.78 is 57.9. The molecule has 0 spiro atoms. The molecule has 6 rings (SSSR count). The molecule has 0 amide bonds. The number of carbonyl (C=O) groups is 1. The fourth-order valence-electron chi connectivity index (χ4n) is 6.81. The number of nitrogens with zero attached hydrogens (tertiary/aromatic N) is 5. The molecule has 4 aromatic rings. The number of esters is 1. The van der Waals surface area contributed by atoms with Gasteiger partial charge in [-0.05, 0) is 62.2 Å². The molecule has 5 N–H and O–H groups in total. The van der Waals surface area contributed by atoms with Crippen molar-refractivity contribution in [1.82, 2.24) is 29.5 Å². The predicted molar refractivity (Wildman–Crippen MR) is 203 cm³/mol. The Kier molecular flexibility index (Phi) is 12.1. The number of nitrogens with two attached hydrogens (primary N) is 1. The molecule has 2 aromatic heterocycles. The van der Waals surface area contributed by atoms with E-state index in [4.69, 9.17) is 40.2 Å². The number of carbonyl (C=O) groups excluding carboxylic acids is 1. The molecule has 7 atom stereocenters. The lowest BCUT2D eigenvalue weighted by Gasteiger charge is -2.30. The van der Waals surface area contributed by atoms with E-state index in [1.807, 2.05) is 19.9 Å². The number of nitrogen functional groups attached to an aromatic ring is 1. The van der Waals surface area contributed by atoms with E-state index >= 15 is 0 Å². The van der Waals surface area contributed by atoms with Crippen LogP contribution >= 0.6 is 27.2 Å². The van der Waals surface area contributed by atoms with Crippen LogP contribution in [0, 0.1) is 5.41 Å². The summed E-state index contributed by atoms with van der Waals surface area (Å²) in [4.78, 5) is 38.9. The van der Waals surface area contributed by atoms with Gasteiger partial charge in [-0.1, -0.05) is 69.3 Å². The second-order valence-electron chi connectivity index (χ2n) is 14.2. The Hall–Kier alpha value is -3.47. The second-order valence-corrected chi connectivity index (χ2v) is 17.8. The zero-order valence-corrected chi connectivity index (χ0v) is 33.6. The molecule has 0 radical (unpaired) electrons. The predicted octanol–water partition coefficient (Wildman–Crippen LogP) is 5.07. The molecule has 3 heterocycles. The molecule has 298 valence electrons. The number of para-hydroxylation sites is 1. The van der Waals surface area contributed by atoms with Crippen LogP contribution in [0.4, 0.5) is 5.82 Å². The number of rotatable bonds is 18. The van der Waals surface area contributed by atoms with Gasteiger partial charge in [0.25, 0.3) is 0 Å². The van der Waals surface area contributed by atoms with Crippen molar-refractivity contribution in [2.24, 2.45) is 5.41 Å². The fraction of sp³-hybridized carbons (Fsp3) is 0.486. The van der Waals surface area contributed by atoms with Crippen LogP contribution in [0.1, 0.15) is 51.8 Å². The zero-order chi connectivity index (χ0) is 39.8. The third-order valence-electron chi connectivity index (χ3n) is 9.99. The highest BCUT2D eigenvalue weighted by molar-refractivity contribution is 7.63. The Morgan fingerprint density at radius 2 is 1.82 bits per heavy atom. The zero-order valence-electron chi connectivity index (χ0n) is 31.1. The fourth-order valence-corrected chi connectivity index (χ4v) is 10.1. The van der Waals surface area contributed by atoms with Gasteiger partial charge in [-0.15, -0.1) is 0 Å². The highest BCUT2D eigenvalue weighted by atomic mass is 35.5. The van der Waals surface area contributed by atoms with Crippen LogP contribution in [0.3, 0.4) is 0 Å². The minimum atomic E-state index is -5.26. The van der Waals surface area contributed by atoms with Gasteiger partial charge in [0.05, 0.1) is 31.2 Å². The minimum absolute atomic E-state index is 0.0690. The second kappa shape index (κ2) is 16.2. The molecule has 3 unspecified atom stereocenters. The van der Waals surface area contributed by atoms with Gasteiger partial charge >= 0.3 is 21.5 Å². The molecule has 1 saturated heterocycles. The molecule has 55 heavy (non-hydrogen) atoms. The van der Waals surface area contributed by atoms with Crippen LogP contribution in [0.25, 0.3) is 11.2 Å². The summed E-state index contributed by atoms with van der Waals surface area (Å²) in [6.45, 7) is 10.2. The summed E-state index contributed by atoms with van der Waals surface area (Å²) in [6.07, 6.45) is -0.830. The molecule has 1 saturated carbocycles. The van der Waals surface area contributed by atoms with E-state index in [1.165, 1.54) is 20.2 Å². The van der Waals surface area contributed by atoms with E-state index in [2.05, 4.69) is 24.9 Å². The molecule has 20 heteroatoms. The topological polar surface area (TPSA) is 223 Å². The maximum atomic E-state index is 14.6. The Bertz CT molecular complexity index is 2110. The molecule has 1 aliphatic heterocycles. The number of hydrogen-bond acceptors (Lipinski definition) is 14. The Morgan fingerprint density at radius 1 is 1.13 bits per heavy atom. The number of aromatic nitrogens is 4. The SMILES string of the molecule is CCN(CC)CCc1ccccc1OP(=O)(NC(C)(C)C(=O)OCc1ccccc1)OP(=O)(O)OC[C@H]1OC2[C@@H](n3cnc4c(N)nc(Cl)nc43)[C@]2(C)[C@H]1O. The van der Waals surface area contributed by atoms with E-state index in [0.29, 0.717) is 35.3 Å². The first-order valence-corrected chi connectivity index (χ1v) is 21.2. The van der Waals surface area contributed by atoms with Gasteiger partial charge in [-0.25, -0.2) is 14.1 Å². The Morgan fingerprint density at radius 3 is 2.49 bits per heavy atom. The van der Waals surface area contributed by atoms with Crippen molar-refractivity contribution < 1.29 is 46.8 Å². The van der Waals surface area contributed by atoms with Crippen LogP contribution in [0.15, 0.2) is 60.9 Å². The summed E-state index contributed by atoms with van der Waals surface area (Å²) >= 11 is 6.03. The van der Waals surface area contributed by atoms with E-state index in [0.717, 1.165) is 13.1 Å². The van der Waals surface area contributed by atoms with Crippen LogP contribution in [-0.2, 0) is 45.3 Å². The van der Waals surface area contributed by atoms with Gasteiger partial charge in [-0.3, -0.25) is 9.32 Å². The Balaban J connectivity index is 1.17. The van der Waals surface area contributed by atoms with Gasteiger partial charge < -0.3 is 39.2 Å². The number of hydrogen-bond donors (Lipinski definition) is 4. The van der Waals surface area contributed by atoms with E-state index in [1.54, 1.807) is 60.0 Å². The standard InChI is InChI=1S/C35H46ClN7O10P2/c1-6-42(7-2)18-17-23-15-11-12-16-24(23)52-54(46,41-34(3,4)32(45)49-19-22-13-9-8-10-14-22)53-55(47,48)50-20-25-28(44)35(5)27(29(35)51-25)43-21-38-26-30(37)39-33(36)40-31(26)43/h8-16,21,25,27-29,44H,6-7,17-20H2,1-5H3,(H,41,46)(H,47,48)(H2,37,39,40)/t25-,27-,28+,29?,35-,54?/m1/s1. The number of nitrogens with one attached hydrogen (secondary N) is 1. The maximum absolute atomic E-state index is 14.6. The van der Waals surface area contributed by atoms with Crippen molar-refractivity contribution in [3.05, 3.63) is 77.3 Å². The quantitative estimate of drug-likeness (QED) is 0.0584. The molecular formula is C35H46ClN7O10P2. The first-order valence-electron chi connectivity index (χ1n) is 17.8. The average Bonchev–Trinajstić information content (AvgIpc) is 3.35. The van der Waals surface area contributed by atoms with Crippen LogP contribution in [-0.4, -0.2) is 90.5 Å². The average molecular weight is 822 g/mol. The molecule has 17 nitrogen and oxygen atoms in total. The first-order chi connectivity index (χ1) is 26.0. The van der Waals surface area contributed by atoms with Gasteiger partial charge in [-0.2, -0.15) is 19.4 Å². The van der Waals surface area contributed by atoms with Crippen molar-refractivity contribution in [2.45, 2.75) is 77.5 Å². The van der Waals surface area contributed by atoms with Crippen LogP contribution in [0.5, 0.6) is 5.75 Å². The van der Waals surface area contributed by atoms with Crippen molar-refractivity contribution in [2.75, 3.05) is 32.0 Å². The number of fused-ring (bicyclic) bond motifs is 2. The molecular weight excluding hydrogens is 776 g/mol. The molecule has 1 aliphatic carbocycles. The van der Waals surface area contributed by atoms with Crippen LogP contribution in [0.2, 0.25) is 5.28 Å². The molecule has 0 bridgehead atoms. The number of phosphoric ester groups is 1. The van der Waals surface area contributed by atoms with Gasteiger partial charge in [0.1, 0.15) is 29.5 Å². The van der Waals surface area contributed by atoms with Crippen molar-refractivity contribution in [1.29, 1.82) is 0 Å². The van der Waals surface area contributed by atoms with Crippen molar-refractivity contribution in [3.63, 3.8) is 0 Å². The van der Waals surface area contributed by atoms with Gasteiger partial charge in [0.15, 0.2) is 11.5 Å². The van der Waals surface area contributed by atoms with Crippen LogP contribution < -0.4 is 15.3 Å². The van der Waals surface area contributed by atoms with Gasteiger partial charge in [0, 0.05) is 12.0 Å². The van der Waals surface area contributed by atoms with Crippen molar-refractivity contribution in [3.8, 4) is 5.75 Å². The number of aliphatic hydroxyl groups is 1. The number of aliphatic hydroxyl groups excluding tert-OH is 1.